The molecule has 3 amide bonds. The second-order valence-electron chi connectivity index (χ2n) is 6.62. The summed E-state index contributed by atoms with van der Waals surface area (Å²) in [6.07, 6.45) is 0.00585. The lowest BCUT2D eigenvalue weighted by Gasteiger charge is -2.15. The summed E-state index contributed by atoms with van der Waals surface area (Å²) in [5.41, 5.74) is 2.16. The number of thioether (sulfide) groups is 1. The van der Waals surface area contributed by atoms with E-state index < -0.39 is 11.2 Å². The van der Waals surface area contributed by atoms with E-state index in [1.807, 2.05) is 6.92 Å². The minimum atomic E-state index is -0.648. The second-order valence-corrected chi connectivity index (χ2v) is 8.22. The molecule has 1 fully saturated rings. The van der Waals surface area contributed by atoms with E-state index in [-0.39, 0.29) is 29.9 Å². The maximum Gasteiger partial charge on any atom is 0.337 e. The van der Waals surface area contributed by atoms with E-state index in [0.717, 1.165) is 22.2 Å². The molecule has 0 radical (unpaired) electrons. The molecule has 156 valence electrons. The molecule has 2 aromatic carbocycles. The molecule has 0 aromatic heterocycles. The van der Waals surface area contributed by atoms with E-state index in [9.17, 15) is 19.2 Å². The van der Waals surface area contributed by atoms with E-state index >= 15 is 0 Å². The van der Waals surface area contributed by atoms with Crippen molar-refractivity contribution < 1.29 is 23.9 Å². The lowest BCUT2D eigenvalue weighted by atomic mass is 10.2. The molecule has 1 N–H and O–H groups in total. The van der Waals surface area contributed by atoms with E-state index in [1.54, 1.807) is 18.2 Å². The van der Waals surface area contributed by atoms with E-state index in [0.29, 0.717) is 22.0 Å². The van der Waals surface area contributed by atoms with E-state index in [4.69, 9.17) is 11.6 Å². The number of rotatable bonds is 6. The maximum absolute atomic E-state index is 12.7. The Kier molecular flexibility index (Phi) is 6.79. The second kappa shape index (κ2) is 9.32. The molecule has 1 unspecified atom stereocenters. The molecule has 1 saturated heterocycles. The Balaban J connectivity index is 1.59. The molecular weight excluding hydrogens is 428 g/mol. The number of ether oxygens (including phenoxy) is 1. The van der Waals surface area contributed by atoms with Gasteiger partial charge in [-0.1, -0.05) is 17.7 Å². The van der Waals surface area contributed by atoms with Crippen molar-refractivity contribution in [1.82, 2.24) is 0 Å². The number of hydrogen-bond donors (Lipinski definition) is 1. The minimum absolute atomic E-state index is 0.00585. The summed E-state index contributed by atoms with van der Waals surface area (Å²) in [5.74, 6) is -1.52. The maximum atomic E-state index is 12.7. The van der Waals surface area contributed by atoms with Crippen LogP contribution < -0.4 is 10.2 Å². The van der Waals surface area contributed by atoms with Crippen molar-refractivity contribution in [2.45, 2.75) is 18.6 Å². The molecule has 2 aromatic rings. The summed E-state index contributed by atoms with van der Waals surface area (Å²) in [4.78, 5) is 49.9. The number of benzene rings is 2. The topological polar surface area (TPSA) is 92.8 Å². The van der Waals surface area contributed by atoms with E-state index in [2.05, 4.69) is 10.1 Å². The molecule has 30 heavy (non-hydrogen) atoms. The smallest absolute Gasteiger partial charge is 0.337 e. The molecule has 3 rings (SSSR count). The highest BCUT2D eigenvalue weighted by molar-refractivity contribution is 8.01. The van der Waals surface area contributed by atoms with Crippen molar-refractivity contribution >= 4 is 58.4 Å². The number of halogens is 1. The van der Waals surface area contributed by atoms with Crippen LogP contribution in [-0.4, -0.2) is 41.8 Å². The van der Waals surface area contributed by atoms with Gasteiger partial charge >= 0.3 is 5.97 Å². The highest BCUT2D eigenvalue weighted by atomic mass is 35.5. The summed E-state index contributed by atoms with van der Waals surface area (Å²) in [6, 6.07) is 11.2. The standard InChI is InChI=1S/C21H19ClN2O5S/c1-12-3-6-14(9-16(12)22)23-18(25)11-30-17-10-19(26)24(20(17)27)15-7-4-13(5-8-15)21(28)29-2/h3-9,17H,10-11H2,1-2H3,(H,23,25). The van der Waals surface area contributed by atoms with Gasteiger partial charge in [0.15, 0.2) is 0 Å². The van der Waals surface area contributed by atoms with Crippen LogP contribution in [0.15, 0.2) is 42.5 Å². The zero-order chi connectivity index (χ0) is 21.8. The van der Waals surface area contributed by atoms with Crippen LogP contribution >= 0.6 is 23.4 Å². The molecule has 0 aliphatic carbocycles. The minimum Gasteiger partial charge on any atom is -0.465 e. The predicted octanol–water partition coefficient (Wildman–Crippen LogP) is 3.44. The van der Waals surface area contributed by atoms with Crippen LogP contribution in [0, 0.1) is 6.92 Å². The Morgan fingerprint density at radius 2 is 1.90 bits per heavy atom. The fourth-order valence-corrected chi connectivity index (χ4v) is 4.03. The van der Waals surface area contributed by atoms with Gasteiger partial charge in [0.25, 0.3) is 0 Å². The first-order valence-corrected chi connectivity index (χ1v) is 10.5. The molecule has 0 saturated carbocycles. The van der Waals surface area contributed by atoms with Crippen LogP contribution in [-0.2, 0) is 19.1 Å². The van der Waals surface area contributed by atoms with Gasteiger partial charge in [-0.2, -0.15) is 0 Å². The average molecular weight is 447 g/mol. The van der Waals surface area contributed by atoms with Crippen LogP contribution in [0.4, 0.5) is 11.4 Å². The van der Waals surface area contributed by atoms with Crippen molar-refractivity contribution in [2.24, 2.45) is 0 Å². The number of imide groups is 1. The third-order valence-electron chi connectivity index (χ3n) is 4.52. The lowest BCUT2D eigenvalue weighted by Crippen LogP contribution is -2.31. The number of amides is 3. The highest BCUT2D eigenvalue weighted by Gasteiger charge is 2.40. The SMILES string of the molecule is COC(=O)c1ccc(N2C(=O)CC(SCC(=O)Nc3ccc(C)c(Cl)c3)C2=O)cc1. The van der Waals surface area contributed by atoms with Gasteiger partial charge in [0.2, 0.25) is 17.7 Å². The van der Waals surface area contributed by atoms with Crippen molar-refractivity contribution in [2.75, 3.05) is 23.1 Å². The van der Waals surface area contributed by atoms with Gasteiger partial charge in [0, 0.05) is 17.1 Å². The molecule has 9 heteroatoms. The summed E-state index contributed by atoms with van der Waals surface area (Å²) < 4.78 is 4.64. The van der Waals surface area contributed by atoms with Crippen molar-refractivity contribution in [3.8, 4) is 0 Å². The summed E-state index contributed by atoms with van der Waals surface area (Å²) in [7, 11) is 1.27. The average Bonchev–Trinajstić information content (AvgIpc) is 3.02. The summed E-state index contributed by atoms with van der Waals surface area (Å²) >= 11 is 7.16. The first-order valence-electron chi connectivity index (χ1n) is 9.03. The molecule has 1 heterocycles. The zero-order valence-corrected chi connectivity index (χ0v) is 17.9. The first kappa shape index (κ1) is 21.9. The number of carbonyl (C=O) groups is 4. The highest BCUT2D eigenvalue weighted by Crippen LogP contribution is 2.30. The zero-order valence-electron chi connectivity index (χ0n) is 16.3. The molecule has 1 aliphatic heterocycles. The van der Waals surface area contributed by atoms with Crippen molar-refractivity contribution in [3.05, 3.63) is 58.6 Å². The summed E-state index contributed by atoms with van der Waals surface area (Å²) in [5, 5.41) is 2.63. The fourth-order valence-electron chi connectivity index (χ4n) is 2.91. The Labute approximate surface area is 182 Å². The number of methoxy groups -OCH3 is 1. The Morgan fingerprint density at radius 1 is 1.20 bits per heavy atom. The number of carbonyl (C=O) groups excluding carboxylic acids is 4. The van der Waals surface area contributed by atoms with Crippen molar-refractivity contribution in [1.29, 1.82) is 0 Å². The van der Waals surface area contributed by atoms with Gasteiger partial charge in [0.1, 0.15) is 0 Å². The predicted molar refractivity (Wildman–Crippen MR) is 116 cm³/mol. The van der Waals surface area contributed by atoms with Gasteiger partial charge in [-0.05, 0) is 48.9 Å². The third-order valence-corrected chi connectivity index (χ3v) is 6.13. The van der Waals surface area contributed by atoms with Gasteiger partial charge in [-0.15, -0.1) is 11.8 Å². The van der Waals surface area contributed by atoms with E-state index in [1.165, 1.54) is 31.4 Å². The molecule has 0 bridgehead atoms. The van der Waals surface area contributed by atoms with Gasteiger partial charge in [-0.25, -0.2) is 9.69 Å². The molecule has 0 spiro atoms. The Bertz CT molecular complexity index is 1010. The molecule has 1 atom stereocenters. The molecule has 1 aliphatic rings. The van der Waals surface area contributed by atoms with Crippen molar-refractivity contribution in [3.63, 3.8) is 0 Å². The Hall–Kier alpha value is -2.84. The first-order chi connectivity index (χ1) is 14.3. The fraction of sp³-hybridized carbons (Fsp3) is 0.238. The summed E-state index contributed by atoms with van der Waals surface area (Å²) in [6.45, 7) is 1.86. The van der Waals surface area contributed by atoms with Gasteiger partial charge in [-0.3, -0.25) is 14.4 Å². The number of aryl methyl sites for hydroxylation is 1. The van der Waals surface area contributed by atoms with Gasteiger partial charge < -0.3 is 10.1 Å². The van der Waals surface area contributed by atoms with Crippen LogP contribution in [0.1, 0.15) is 22.3 Å². The third kappa shape index (κ3) is 4.83. The normalized spacial score (nSPS) is 16.0. The van der Waals surface area contributed by atoms with Crippen LogP contribution in [0.2, 0.25) is 5.02 Å². The molecule has 7 nitrogen and oxygen atoms in total. The van der Waals surface area contributed by atoms with Crippen LogP contribution in [0.5, 0.6) is 0 Å². The van der Waals surface area contributed by atoms with Crippen LogP contribution in [0.25, 0.3) is 0 Å². The monoisotopic (exact) mass is 446 g/mol. The number of nitrogens with zero attached hydrogens (tertiary/aromatic N) is 1. The molecular formula is C21H19ClN2O5S. The lowest BCUT2D eigenvalue weighted by molar-refractivity contribution is -0.121. The number of hydrogen-bond acceptors (Lipinski definition) is 6. The number of esters is 1. The quantitative estimate of drug-likeness (QED) is 0.539. The number of nitrogens with one attached hydrogen (secondary N) is 1. The number of anilines is 2. The largest absolute Gasteiger partial charge is 0.465 e. The van der Waals surface area contributed by atoms with Gasteiger partial charge in [0.05, 0.1) is 29.4 Å². The Morgan fingerprint density at radius 3 is 2.53 bits per heavy atom. The van der Waals surface area contributed by atoms with Crippen LogP contribution in [0.3, 0.4) is 0 Å².